The van der Waals surface area contributed by atoms with Crippen LogP contribution in [-0.2, 0) is 37.5 Å². The normalized spacial score (nSPS) is 13.8. The van der Waals surface area contributed by atoms with Gasteiger partial charge in [0.05, 0.1) is 13.2 Å². The number of hydrogen-bond donors (Lipinski definition) is 3. The van der Waals surface area contributed by atoms with E-state index in [-0.39, 0.29) is 19.4 Å². The summed E-state index contributed by atoms with van der Waals surface area (Å²) in [6, 6.07) is -1.51. The van der Waals surface area contributed by atoms with Crippen LogP contribution in [-0.4, -0.2) is 59.9 Å². The molecule has 0 aliphatic rings. The lowest BCUT2D eigenvalue weighted by atomic mass is 10.0. The van der Waals surface area contributed by atoms with Crippen molar-refractivity contribution in [1.82, 2.24) is 0 Å². The molecule has 0 aromatic heterocycles. The molecule has 0 amide bonds. The lowest BCUT2D eigenvalue weighted by molar-refractivity contribution is -0.161. The molecule has 3 atom stereocenters. The third kappa shape index (κ3) is 35.3. The van der Waals surface area contributed by atoms with Gasteiger partial charge in [0.25, 0.3) is 0 Å². The number of phosphoric acid groups is 1. The zero-order valence-electron chi connectivity index (χ0n) is 32.5. The molecule has 0 aliphatic carbocycles. The summed E-state index contributed by atoms with van der Waals surface area (Å²) in [5, 5.41) is 8.86. The van der Waals surface area contributed by atoms with Gasteiger partial charge >= 0.3 is 25.7 Å². The highest BCUT2D eigenvalue weighted by Crippen LogP contribution is 2.43. The van der Waals surface area contributed by atoms with Crippen LogP contribution < -0.4 is 5.73 Å². The maximum atomic E-state index is 12.6. The van der Waals surface area contributed by atoms with Crippen LogP contribution in [0.25, 0.3) is 0 Å². The number of carbonyl (C=O) groups is 3. The summed E-state index contributed by atoms with van der Waals surface area (Å²) in [6.45, 7) is 2.79. The van der Waals surface area contributed by atoms with Crippen molar-refractivity contribution in [2.24, 2.45) is 5.73 Å². The Morgan fingerprint density at radius 3 is 1.24 bits per heavy atom. The van der Waals surface area contributed by atoms with Crippen LogP contribution in [0.1, 0.15) is 200 Å². The van der Waals surface area contributed by atoms with Gasteiger partial charge in [0.1, 0.15) is 12.6 Å². The molecule has 51 heavy (non-hydrogen) atoms. The van der Waals surface area contributed by atoms with Crippen LogP contribution in [0.2, 0.25) is 0 Å². The van der Waals surface area contributed by atoms with E-state index in [1.807, 2.05) is 0 Å². The van der Waals surface area contributed by atoms with E-state index in [2.05, 4.69) is 18.4 Å². The number of aliphatic carboxylic acids is 1. The molecule has 0 aliphatic heterocycles. The minimum Gasteiger partial charge on any atom is -0.480 e. The third-order valence-corrected chi connectivity index (χ3v) is 10.1. The SMILES string of the molecule is CCCCCCCCCCCCCCCCCCCCC(=O)O[C@H](COC(=O)CCCCCCCCCCC)COP(=O)(O)OC[C@H](N)C(=O)O. The smallest absolute Gasteiger partial charge is 0.472 e. The summed E-state index contributed by atoms with van der Waals surface area (Å²) in [5.41, 5.74) is 5.32. The number of unbranched alkanes of at least 4 members (excludes halogenated alkanes) is 25. The summed E-state index contributed by atoms with van der Waals surface area (Å²) in [6.07, 6.45) is 31.8. The average Bonchev–Trinajstić information content (AvgIpc) is 3.10. The quantitative estimate of drug-likeness (QED) is 0.0310. The van der Waals surface area contributed by atoms with Gasteiger partial charge in [0.2, 0.25) is 0 Å². The third-order valence-electron chi connectivity index (χ3n) is 9.11. The monoisotopic (exact) mass is 750 g/mol. The van der Waals surface area contributed by atoms with Gasteiger partial charge in [-0.15, -0.1) is 0 Å². The van der Waals surface area contributed by atoms with E-state index in [0.717, 1.165) is 38.5 Å². The second kappa shape index (κ2) is 35.5. The van der Waals surface area contributed by atoms with E-state index in [9.17, 15) is 23.8 Å². The number of carbonyl (C=O) groups excluding carboxylic acids is 2. The van der Waals surface area contributed by atoms with Gasteiger partial charge in [-0.1, -0.05) is 174 Å². The summed E-state index contributed by atoms with van der Waals surface area (Å²) in [4.78, 5) is 45.7. The first-order valence-corrected chi connectivity index (χ1v) is 22.1. The Balaban J connectivity index is 4.29. The van der Waals surface area contributed by atoms with Crippen LogP contribution >= 0.6 is 7.82 Å². The summed E-state index contributed by atoms with van der Waals surface area (Å²) in [7, 11) is -4.70. The molecule has 1 unspecified atom stereocenters. The maximum absolute atomic E-state index is 12.6. The lowest BCUT2D eigenvalue weighted by Gasteiger charge is -2.20. The van der Waals surface area contributed by atoms with Crippen molar-refractivity contribution in [3.63, 3.8) is 0 Å². The summed E-state index contributed by atoms with van der Waals surface area (Å²) < 4.78 is 32.6. The Kier molecular flexibility index (Phi) is 34.4. The van der Waals surface area contributed by atoms with Crippen molar-refractivity contribution in [1.29, 1.82) is 0 Å². The van der Waals surface area contributed by atoms with Crippen molar-refractivity contribution >= 4 is 25.7 Å². The predicted molar refractivity (Wildman–Crippen MR) is 203 cm³/mol. The van der Waals surface area contributed by atoms with Crippen LogP contribution in [0.15, 0.2) is 0 Å². The Morgan fingerprint density at radius 2 is 0.863 bits per heavy atom. The number of carboxylic acid groups (broad SMARTS) is 1. The highest BCUT2D eigenvalue weighted by molar-refractivity contribution is 7.47. The molecule has 0 aromatic carbocycles. The Morgan fingerprint density at radius 1 is 0.529 bits per heavy atom. The van der Waals surface area contributed by atoms with Gasteiger partial charge in [0, 0.05) is 12.8 Å². The molecule has 0 spiro atoms. The Labute approximate surface area is 310 Å². The molecule has 0 heterocycles. The highest BCUT2D eigenvalue weighted by atomic mass is 31.2. The van der Waals surface area contributed by atoms with Crippen molar-refractivity contribution in [3.8, 4) is 0 Å². The number of hydrogen-bond acceptors (Lipinski definition) is 9. The van der Waals surface area contributed by atoms with Crippen molar-refractivity contribution in [3.05, 3.63) is 0 Å². The zero-order chi connectivity index (χ0) is 37.8. The average molecular weight is 750 g/mol. The molecule has 11 nitrogen and oxygen atoms in total. The fourth-order valence-electron chi connectivity index (χ4n) is 5.83. The van der Waals surface area contributed by atoms with Crippen molar-refractivity contribution in [2.45, 2.75) is 212 Å². The van der Waals surface area contributed by atoms with E-state index in [1.54, 1.807) is 0 Å². The van der Waals surface area contributed by atoms with Gasteiger partial charge in [-0.3, -0.25) is 23.4 Å². The second-order valence-electron chi connectivity index (χ2n) is 14.1. The molecule has 302 valence electrons. The zero-order valence-corrected chi connectivity index (χ0v) is 33.4. The topological polar surface area (TPSA) is 172 Å². The second-order valence-corrected chi connectivity index (χ2v) is 15.6. The number of rotatable bonds is 39. The van der Waals surface area contributed by atoms with E-state index < -0.39 is 51.1 Å². The van der Waals surface area contributed by atoms with Crippen molar-refractivity contribution in [2.75, 3.05) is 19.8 Å². The predicted octanol–water partition coefficient (Wildman–Crippen LogP) is 10.3. The molecule has 0 bridgehead atoms. The summed E-state index contributed by atoms with van der Waals surface area (Å²) in [5.74, 6) is -2.37. The fraction of sp³-hybridized carbons (Fsp3) is 0.923. The van der Waals surface area contributed by atoms with Crippen LogP contribution in [0.3, 0.4) is 0 Å². The first kappa shape index (κ1) is 49.5. The van der Waals surface area contributed by atoms with Gasteiger partial charge < -0.3 is 25.2 Å². The molecule has 0 rings (SSSR count). The van der Waals surface area contributed by atoms with Gasteiger partial charge in [-0.05, 0) is 12.8 Å². The van der Waals surface area contributed by atoms with E-state index in [0.29, 0.717) is 12.8 Å². The molecular formula is C39H76NO10P. The molecule has 0 saturated carbocycles. The largest absolute Gasteiger partial charge is 0.480 e. The lowest BCUT2D eigenvalue weighted by Crippen LogP contribution is -2.34. The fourth-order valence-corrected chi connectivity index (χ4v) is 6.61. The Hall–Kier alpha value is -1.52. The standard InChI is InChI=1S/C39H76NO10P/c1-3-5-7-9-11-13-14-15-16-17-18-19-20-21-23-25-27-29-31-38(42)50-35(33-48-51(45,46)49-34-36(40)39(43)44)32-47-37(41)30-28-26-24-22-12-10-8-6-4-2/h35-36H,3-34,40H2,1-2H3,(H,43,44)(H,45,46)/t35-,36+/m1/s1. The number of phosphoric ester groups is 1. The first-order valence-electron chi connectivity index (χ1n) is 20.6. The van der Waals surface area contributed by atoms with Gasteiger partial charge in [0.15, 0.2) is 6.10 Å². The van der Waals surface area contributed by atoms with Crippen LogP contribution in [0, 0.1) is 0 Å². The molecule has 0 fully saturated rings. The minimum absolute atomic E-state index is 0.169. The molecule has 0 saturated heterocycles. The van der Waals surface area contributed by atoms with E-state index in [1.165, 1.54) is 122 Å². The van der Waals surface area contributed by atoms with Crippen molar-refractivity contribution < 1.29 is 47.5 Å². The highest BCUT2D eigenvalue weighted by Gasteiger charge is 2.28. The Bertz CT molecular complexity index is 890. The molecule has 0 aromatic rings. The molecule has 12 heteroatoms. The van der Waals surface area contributed by atoms with Gasteiger partial charge in [-0.25, -0.2) is 4.57 Å². The number of carboxylic acids is 1. The maximum Gasteiger partial charge on any atom is 0.472 e. The van der Waals surface area contributed by atoms with E-state index in [4.69, 9.17) is 24.8 Å². The van der Waals surface area contributed by atoms with E-state index >= 15 is 0 Å². The van der Waals surface area contributed by atoms with Crippen LogP contribution in [0.4, 0.5) is 0 Å². The summed E-state index contributed by atoms with van der Waals surface area (Å²) >= 11 is 0. The van der Waals surface area contributed by atoms with Crippen LogP contribution in [0.5, 0.6) is 0 Å². The minimum atomic E-state index is -4.70. The molecular weight excluding hydrogens is 673 g/mol. The first-order chi connectivity index (χ1) is 24.6. The molecule has 4 N–H and O–H groups in total. The number of ether oxygens (including phenoxy) is 2. The number of nitrogens with two attached hydrogens (primary N) is 1. The molecule has 0 radical (unpaired) electrons. The van der Waals surface area contributed by atoms with Gasteiger partial charge in [-0.2, -0.15) is 0 Å². The number of esters is 2.